The first-order valence-electron chi connectivity index (χ1n) is 7.56. The van der Waals surface area contributed by atoms with Crippen LogP contribution in [0.15, 0.2) is 0 Å². The number of hydrogen-bond donors (Lipinski definition) is 1. The molecule has 0 bridgehead atoms. The van der Waals surface area contributed by atoms with Crippen LogP contribution in [0.4, 0.5) is 0 Å². The van der Waals surface area contributed by atoms with E-state index in [1.165, 1.54) is 38.9 Å². The summed E-state index contributed by atoms with van der Waals surface area (Å²) >= 11 is 2.06. The van der Waals surface area contributed by atoms with Gasteiger partial charge in [0.15, 0.2) is 0 Å². The Labute approximate surface area is 118 Å². The van der Waals surface area contributed by atoms with Crippen molar-refractivity contribution >= 4 is 11.8 Å². The van der Waals surface area contributed by atoms with Crippen molar-refractivity contribution in [3.05, 3.63) is 0 Å². The van der Waals surface area contributed by atoms with Crippen molar-refractivity contribution in [2.45, 2.75) is 57.7 Å². The predicted molar refractivity (Wildman–Crippen MR) is 84.5 cm³/mol. The molecular weight excluding hydrogens is 240 g/mol. The number of hydrogen-bond acceptors (Lipinski definition) is 3. The fourth-order valence-electron chi connectivity index (χ4n) is 3.00. The highest BCUT2D eigenvalue weighted by Crippen LogP contribution is 2.31. The highest BCUT2D eigenvalue weighted by atomic mass is 32.2. The molecule has 0 aromatic rings. The van der Waals surface area contributed by atoms with Crippen LogP contribution in [0, 0.1) is 5.92 Å². The van der Waals surface area contributed by atoms with Crippen molar-refractivity contribution in [2.75, 3.05) is 32.4 Å². The summed E-state index contributed by atoms with van der Waals surface area (Å²) in [7, 11) is 0. The van der Waals surface area contributed by atoms with Gasteiger partial charge in [0.05, 0.1) is 0 Å². The van der Waals surface area contributed by atoms with Gasteiger partial charge in [-0.05, 0) is 31.4 Å². The maximum atomic E-state index is 3.67. The number of thioether (sulfide) groups is 1. The molecule has 18 heavy (non-hydrogen) atoms. The van der Waals surface area contributed by atoms with Crippen LogP contribution in [-0.2, 0) is 0 Å². The van der Waals surface area contributed by atoms with E-state index in [4.69, 9.17) is 0 Å². The lowest BCUT2D eigenvalue weighted by Crippen LogP contribution is -2.54. The van der Waals surface area contributed by atoms with E-state index >= 15 is 0 Å². The quantitative estimate of drug-likeness (QED) is 0.766. The van der Waals surface area contributed by atoms with Gasteiger partial charge in [-0.15, -0.1) is 0 Å². The van der Waals surface area contributed by atoms with Crippen LogP contribution in [-0.4, -0.2) is 48.1 Å². The Morgan fingerprint density at radius 2 is 2.00 bits per heavy atom. The fourth-order valence-corrected chi connectivity index (χ4v) is 3.89. The van der Waals surface area contributed by atoms with Gasteiger partial charge in [0.25, 0.3) is 0 Å². The number of nitrogens with one attached hydrogen (secondary N) is 1. The molecule has 2 nitrogen and oxygen atoms in total. The van der Waals surface area contributed by atoms with Gasteiger partial charge in [-0.25, -0.2) is 0 Å². The third-order valence-electron chi connectivity index (χ3n) is 4.33. The first-order chi connectivity index (χ1) is 8.55. The standard InChI is InChI=1S/C15H32N2S/c1-6-15(7-2,18-5)12-17-9-8-16-14(11-17)10-13(3)4/h13-14,16H,6-12H2,1-5H3. The molecule has 1 rings (SSSR count). The molecule has 1 N–H and O–H groups in total. The molecule has 0 spiro atoms. The van der Waals surface area contributed by atoms with Crippen molar-refractivity contribution in [3.63, 3.8) is 0 Å². The highest BCUT2D eigenvalue weighted by molar-refractivity contribution is 8.00. The monoisotopic (exact) mass is 272 g/mol. The van der Waals surface area contributed by atoms with Crippen molar-refractivity contribution in [3.8, 4) is 0 Å². The largest absolute Gasteiger partial charge is 0.311 e. The molecule has 0 radical (unpaired) electrons. The van der Waals surface area contributed by atoms with Gasteiger partial charge in [0.1, 0.15) is 0 Å². The molecular formula is C15H32N2S. The molecule has 0 aromatic carbocycles. The lowest BCUT2D eigenvalue weighted by atomic mass is 9.98. The third-order valence-corrected chi connectivity index (χ3v) is 5.90. The Balaban J connectivity index is 2.50. The molecule has 1 atom stereocenters. The summed E-state index contributed by atoms with van der Waals surface area (Å²) in [6, 6.07) is 0.701. The summed E-state index contributed by atoms with van der Waals surface area (Å²) in [4.78, 5) is 2.69. The van der Waals surface area contributed by atoms with Crippen LogP contribution < -0.4 is 5.32 Å². The summed E-state index contributed by atoms with van der Waals surface area (Å²) in [6.45, 7) is 14.2. The molecule has 0 saturated carbocycles. The summed E-state index contributed by atoms with van der Waals surface area (Å²) < 4.78 is 0.472. The number of rotatable bonds is 7. The van der Waals surface area contributed by atoms with Gasteiger partial charge in [0, 0.05) is 37.0 Å². The van der Waals surface area contributed by atoms with Gasteiger partial charge < -0.3 is 5.32 Å². The van der Waals surface area contributed by atoms with Crippen LogP contribution in [0.3, 0.4) is 0 Å². The second kappa shape index (κ2) is 7.76. The Morgan fingerprint density at radius 3 is 2.50 bits per heavy atom. The van der Waals surface area contributed by atoms with E-state index in [2.05, 4.69) is 55.9 Å². The van der Waals surface area contributed by atoms with E-state index in [1.807, 2.05) is 0 Å². The molecule has 1 unspecified atom stereocenters. The van der Waals surface area contributed by atoms with Gasteiger partial charge in [-0.2, -0.15) is 11.8 Å². The van der Waals surface area contributed by atoms with Gasteiger partial charge in [-0.1, -0.05) is 27.7 Å². The predicted octanol–water partition coefficient (Wildman–Crippen LogP) is 3.23. The Bertz CT molecular complexity index is 218. The highest BCUT2D eigenvalue weighted by Gasteiger charge is 2.30. The Hall–Kier alpha value is 0.270. The second-order valence-electron chi connectivity index (χ2n) is 6.11. The zero-order valence-electron chi connectivity index (χ0n) is 13.0. The molecule has 1 fully saturated rings. The molecule has 0 aliphatic carbocycles. The molecule has 1 heterocycles. The number of nitrogens with zero attached hydrogens (tertiary/aromatic N) is 1. The average molecular weight is 273 g/mol. The molecule has 1 saturated heterocycles. The number of piperazine rings is 1. The topological polar surface area (TPSA) is 15.3 Å². The lowest BCUT2D eigenvalue weighted by Gasteiger charge is -2.40. The Kier molecular flexibility index (Phi) is 7.04. The maximum Gasteiger partial charge on any atom is 0.0279 e. The fraction of sp³-hybridized carbons (Fsp3) is 1.00. The van der Waals surface area contributed by atoms with E-state index in [9.17, 15) is 0 Å². The summed E-state index contributed by atoms with van der Waals surface area (Å²) in [5.41, 5.74) is 0. The normalized spacial score (nSPS) is 22.7. The SMILES string of the molecule is CCC(CC)(CN1CCNC(CC(C)C)C1)SC. The van der Waals surface area contributed by atoms with E-state index in [-0.39, 0.29) is 0 Å². The molecule has 3 heteroatoms. The average Bonchev–Trinajstić information content (AvgIpc) is 2.36. The van der Waals surface area contributed by atoms with E-state index in [0.717, 1.165) is 12.5 Å². The van der Waals surface area contributed by atoms with Gasteiger partial charge in [0.2, 0.25) is 0 Å². The zero-order chi connectivity index (χ0) is 13.6. The lowest BCUT2D eigenvalue weighted by molar-refractivity contribution is 0.168. The molecule has 0 aromatic heterocycles. The van der Waals surface area contributed by atoms with Crippen LogP contribution in [0.2, 0.25) is 0 Å². The minimum absolute atomic E-state index is 0.472. The third kappa shape index (κ3) is 4.75. The first-order valence-corrected chi connectivity index (χ1v) is 8.78. The first kappa shape index (κ1) is 16.3. The van der Waals surface area contributed by atoms with Crippen LogP contribution in [0.25, 0.3) is 0 Å². The van der Waals surface area contributed by atoms with Crippen LogP contribution in [0.5, 0.6) is 0 Å². The maximum absolute atomic E-state index is 3.67. The summed E-state index contributed by atoms with van der Waals surface area (Å²) in [5, 5.41) is 3.67. The van der Waals surface area contributed by atoms with Gasteiger partial charge >= 0.3 is 0 Å². The van der Waals surface area contributed by atoms with Crippen molar-refractivity contribution in [1.29, 1.82) is 0 Å². The van der Waals surface area contributed by atoms with Crippen molar-refractivity contribution in [1.82, 2.24) is 10.2 Å². The van der Waals surface area contributed by atoms with Crippen molar-refractivity contribution < 1.29 is 0 Å². The molecule has 1 aliphatic heterocycles. The van der Waals surface area contributed by atoms with E-state index in [0.29, 0.717) is 10.8 Å². The van der Waals surface area contributed by atoms with E-state index in [1.54, 1.807) is 0 Å². The summed E-state index contributed by atoms with van der Waals surface area (Å²) in [6.07, 6.45) is 6.15. The minimum atomic E-state index is 0.472. The van der Waals surface area contributed by atoms with Crippen LogP contribution in [0.1, 0.15) is 47.0 Å². The van der Waals surface area contributed by atoms with E-state index < -0.39 is 0 Å². The zero-order valence-corrected chi connectivity index (χ0v) is 13.8. The van der Waals surface area contributed by atoms with Gasteiger partial charge in [-0.3, -0.25) is 4.90 Å². The molecule has 1 aliphatic rings. The van der Waals surface area contributed by atoms with Crippen molar-refractivity contribution in [2.24, 2.45) is 5.92 Å². The molecule has 0 amide bonds. The summed E-state index contributed by atoms with van der Waals surface area (Å²) in [5.74, 6) is 0.796. The Morgan fingerprint density at radius 1 is 1.33 bits per heavy atom. The molecule has 108 valence electrons. The smallest absolute Gasteiger partial charge is 0.0279 e. The van der Waals surface area contributed by atoms with Crippen LogP contribution >= 0.6 is 11.8 Å². The minimum Gasteiger partial charge on any atom is -0.311 e. The second-order valence-corrected chi connectivity index (χ2v) is 7.38.